The van der Waals surface area contributed by atoms with Crippen molar-refractivity contribution in [1.29, 1.82) is 0 Å². The highest BCUT2D eigenvalue weighted by Crippen LogP contribution is 2.20. The number of rotatable bonds is 9. The van der Waals surface area contributed by atoms with E-state index in [1.54, 1.807) is 6.20 Å². The zero-order valence-electron chi connectivity index (χ0n) is 16.6. The number of piperazine rings is 1. The number of aryl methyl sites for hydroxylation is 1. The van der Waals surface area contributed by atoms with Crippen LogP contribution < -0.4 is 20.1 Å². The van der Waals surface area contributed by atoms with Gasteiger partial charge in [0.25, 0.3) is 0 Å². The van der Waals surface area contributed by atoms with Crippen LogP contribution >= 0.6 is 0 Å². The molecule has 8 nitrogen and oxygen atoms in total. The van der Waals surface area contributed by atoms with E-state index in [0.29, 0.717) is 26.3 Å². The number of ether oxygens (including phenoxy) is 2. The summed E-state index contributed by atoms with van der Waals surface area (Å²) in [6, 6.07) is 7.58. The standard InChI is InChI=1S/C20H29N5O3/c1-3-27-16-4-6-17(7-5-16)28-13-10-22-19(26)15-25-12-8-21-14-18(25)20-23-9-11-24(20)2/h4-7,9,11,18,21H,3,8,10,12-15H2,1-2H3,(H,22,26). The normalized spacial score (nSPS) is 17.3. The van der Waals surface area contributed by atoms with Gasteiger partial charge in [0.1, 0.15) is 23.9 Å². The largest absolute Gasteiger partial charge is 0.494 e. The molecule has 0 radical (unpaired) electrons. The van der Waals surface area contributed by atoms with Gasteiger partial charge >= 0.3 is 0 Å². The summed E-state index contributed by atoms with van der Waals surface area (Å²) in [7, 11) is 1.98. The van der Waals surface area contributed by atoms with Gasteiger partial charge in [-0.05, 0) is 31.2 Å². The number of carbonyl (C=O) groups is 1. The molecule has 0 bridgehead atoms. The van der Waals surface area contributed by atoms with Crippen LogP contribution in [-0.2, 0) is 11.8 Å². The Bertz CT molecular complexity index is 747. The lowest BCUT2D eigenvalue weighted by Crippen LogP contribution is -2.50. The number of nitrogens with zero attached hydrogens (tertiary/aromatic N) is 3. The van der Waals surface area contributed by atoms with Crippen LogP contribution in [0.15, 0.2) is 36.7 Å². The Balaban J connectivity index is 1.41. The summed E-state index contributed by atoms with van der Waals surface area (Å²) in [6.45, 7) is 6.30. The average molecular weight is 387 g/mol. The molecule has 1 saturated heterocycles. The minimum absolute atomic E-state index is 0.00333. The monoisotopic (exact) mass is 387 g/mol. The van der Waals surface area contributed by atoms with E-state index in [1.807, 2.05) is 49.0 Å². The van der Waals surface area contributed by atoms with Crippen LogP contribution in [0.25, 0.3) is 0 Å². The van der Waals surface area contributed by atoms with Crippen molar-refractivity contribution in [2.75, 3.05) is 45.9 Å². The predicted molar refractivity (Wildman–Crippen MR) is 107 cm³/mol. The van der Waals surface area contributed by atoms with E-state index < -0.39 is 0 Å². The topological polar surface area (TPSA) is 80.7 Å². The summed E-state index contributed by atoms with van der Waals surface area (Å²) in [4.78, 5) is 19.0. The second-order valence-electron chi connectivity index (χ2n) is 6.69. The van der Waals surface area contributed by atoms with Crippen LogP contribution in [0.5, 0.6) is 11.5 Å². The van der Waals surface area contributed by atoms with Gasteiger partial charge in [-0.1, -0.05) is 0 Å². The average Bonchev–Trinajstić information content (AvgIpc) is 3.13. The van der Waals surface area contributed by atoms with Crippen LogP contribution in [-0.4, -0.2) is 66.3 Å². The smallest absolute Gasteiger partial charge is 0.234 e. The number of carbonyl (C=O) groups excluding carboxylic acids is 1. The van der Waals surface area contributed by atoms with Gasteiger partial charge in [-0.25, -0.2) is 4.98 Å². The van der Waals surface area contributed by atoms with Crippen LogP contribution in [0.3, 0.4) is 0 Å². The molecule has 0 saturated carbocycles. The molecule has 1 fully saturated rings. The molecule has 28 heavy (non-hydrogen) atoms. The summed E-state index contributed by atoms with van der Waals surface area (Å²) in [6.07, 6.45) is 3.72. The summed E-state index contributed by atoms with van der Waals surface area (Å²) >= 11 is 0. The van der Waals surface area contributed by atoms with E-state index in [1.165, 1.54) is 0 Å². The Labute approximate surface area is 165 Å². The first-order valence-electron chi connectivity index (χ1n) is 9.71. The second kappa shape index (κ2) is 10.1. The molecule has 0 spiro atoms. The van der Waals surface area contributed by atoms with Crippen molar-refractivity contribution < 1.29 is 14.3 Å². The maximum Gasteiger partial charge on any atom is 0.234 e. The molecule has 3 rings (SSSR count). The minimum Gasteiger partial charge on any atom is -0.494 e. The Kier molecular flexibility index (Phi) is 7.27. The van der Waals surface area contributed by atoms with Crippen LogP contribution in [0.2, 0.25) is 0 Å². The summed E-state index contributed by atoms with van der Waals surface area (Å²) in [5.41, 5.74) is 0. The number of hydrogen-bond donors (Lipinski definition) is 2. The summed E-state index contributed by atoms with van der Waals surface area (Å²) < 4.78 is 13.1. The number of aromatic nitrogens is 2. The zero-order valence-corrected chi connectivity index (χ0v) is 16.6. The fraction of sp³-hybridized carbons (Fsp3) is 0.500. The first-order chi connectivity index (χ1) is 13.7. The first kappa shape index (κ1) is 20.2. The van der Waals surface area contributed by atoms with Gasteiger partial charge in [0.05, 0.1) is 25.7 Å². The molecule has 152 valence electrons. The highest BCUT2D eigenvalue weighted by atomic mass is 16.5. The Hall–Kier alpha value is -2.58. The molecule has 8 heteroatoms. The van der Waals surface area contributed by atoms with Crippen molar-refractivity contribution in [3.8, 4) is 11.5 Å². The van der Waals surface area contributed by atoms with E-state index in [4.69, 9.17) is 9.47 Å². The van der Waals surface area contributed by atoms with Gasteiger partial charge in [-0.3, -0.25) is 9.69 Å². The Morgan fingerprint density at radius 1 is 1.29 bits per heavy atom. The van der Waals surface area contributed by atoms with Crippen LogP contribution in [0.1, 0.15) is 18.8 Å². The maximum atomic E-state index is 12.4. The molecule has 1 aromatic carbocycles. The van der Waals surface area contributed by atoms with E-state index in [9.17, 15) is 4.79 Å². The minimum atomic E-state index is -0.00333. The SMILES string of the molecule is CCOc1ccc(OCCNC(=O)CN2CCNCC2c2nccn2C)cc1. The lowest BCUT2D eigenvalue weighted by atomic mass is 10.1. The van der Waals surface area contributed by atoms with Gasteiger partial charge in [-0.15, -0.1) is 0 Å². The second-order valence-corrected chi connectivity index (χ2v) is 6.69. The molecule has 1 unspecified atom stereocenters. The molecular formula is C20H29N5O3. The third kappa shape index (κ3) is 5.46. The molecule has 1 aromatic heterocycles. The van der Waals surface area contributed by atoms with Gasteiger partial charge in [0.15, 0.2) is 0 Å². The fourth-order valence-corrected chi connectivity index (χ4v) is 3.29. The zero-order chi connectivity index (χ0) is 19.8. The molecule has 0 aliphatic carbocycles. The van der Waals surface area contributed by atoms with E-state index in [-0.39, 0.29) is 11.9 Å². The molecule has 1 aliphatic rings. The lowest BCUT2D eigenvalue weighted by Gasteiger charge is -2.35. The lowest BCUT2D eigenvalue weighted by molar-refractivity contribution is -0.123. The van der Waals surface area contributed by atoms with Gasteiger partial charge < -0.3 is 24.7 Å². The summed E-state index contributed by atoms with van der Waals surface area (Å²) in [5.74, 6) is 2.55. The van der Waals surface area contributed by atoms with Crippen molar-refractivity contribution in [2.24, 2.45) is 7.05 Å². The molecule has 1 aliphatic heterocycles. The third-order valence-corrected chi connectivity index (χ3v) is 4.69. The maximum absolute atomic E-state index is 12.4. The third-order valence-electron chi connectivity index (χ3n) is 4.69. The first-order valence-corrected chi connectivity index (χ1v) is 9.71. The van der Waals surface area contributed by atoms with Crippen molar-refractivity contribution >= 4 is 5.91 Å². The Morgan fingerprint density at radius 2 is 2.04 bits per heavy atom. The van der Waals surface area contributed by atoms with E-state index >= 15 is 0 Å². The van der Waals surface area contributed by atoms with Crippen molar-refractivity contribution in [3.63, 3.8) is 0 Å². The predicted octanol–water partition coefficient (Wildman–Crippen LogP) is 0.960. The Morgan fingerprint density at radius 3 is 2.71 bits per heavy atom. The van der Waals surface area contributed by atoms with Crippen LogP contribution in [0.4, 0.5) is 0 Å². The fourth-order valence-electron chi connectivity index (χ4n) is 3.29. The number of nitrogens with one attached hydrogen (secondary N) is 2. The van der Waals surface area contributed by atoms with Gasteiger partial charge in [0, 0.05) is 39.1 Å². The van der Waals surface area contributed by atoms with Crippen molar-refractivity contribution in [1.82, 2.24) is 25.1 Å². The molecule has 1 atom stereocenters. The highest BCUT2D eigenvalue weighted by Gasteiger charge is 2.28. The van der Waals surface area contributed by atoms with E-state index in [2.05, 4.69) is 20.5 Å². The van der Waals surface area contributed by atoms with Crippen molar-refractivity contribution in [3.05, 3.63) is 42.5 Å². The molecule has 2 aromatic rings. The molecular weight excluding hydrogens is 358 g/mol. The summed E-state index contributed by atoms with van der Waals surface area (Å²) in [5, 5.41) is 6.31. The number of amides is 1. The number of hydrogen-bond acceptors (Lipinski definition) is 6. The van der Waals surface area contributed by atoms with Gasteiger partial charge in [-0.2, -0.15) is 0 Å². The number of benzene rings is 1. The highest BCUT2D eigenvalue weighted by molar-refractivity contribution is 5.78. The van der Waals surface area contributed by atoms with Crippen molar-refractivity contribution in [2.45, 2.75) is 13.0 Å². The molecule has 2 N–H and O–H groups in total. The van der Waals surface area contributed by atoms with E-state index in [0.717, 1.165) is 37.0 Å². The van der Waals surface area contributed by atoms with Gasteiger partial charge in [0.2, 0.25) is 5.91 Å². The number of imidazole rings is 1. The quantitative estimate of drug-likeness (QED) is 0.624. The van der Waals surface area contributed by atoms with Crippen LogP contribution in [0, 0.1) is 0 Å². The molecule has 2 heterocycles. The molecule has 1 amide bonds.